The van der Waals surface area contributed by atoms with E-state index in [4.69, 9.17) is 0 Å². The number of nitrogens with zero attached hydrogens (tertiary/aromatic N) is 3. The lowest BCUT2D eigenvalue weighted by Crippen LogP contribution is -1.97. The van der Waals surface area contributed by atoms with E-state index >= 15 is 0 Å². The van der Waals surface area contributed by atoms with Gasteiger partial charge >= 0.3 is 0 Å². The van der Waals surface area contributed by atoms with Gasteiger partial charge in [-0.1, -0.05) is 17.8 Å². The standard InChI is InChI=1S/C14H15N5S/c1-8-4-5-10(6-9(8)2)20-13-11-7-16-19-12(11)17-14(15-3)18-13/h4-7H,1-3H3,(H2,15,16,17,18,19). The number of nitrogens with one attached hydrogen (secondary N) is 2. The summed E-state index contributed by atoms with van der Waals surface area (Å²) >= 11 is 1.62. The predicted molar refractivity (Wildman–Crippen MR) is 81.3 cm³/mol. The van der Waals surface area contributed by atoms with Gasteiger partial charge < -0.3 is 5.32 Å². The van der Waals surface area contributed by atoms with Gasteiger partial charge in [-0.2, -0.15) is 10.1 Å². The molecular weight excluding hydrogens is 270 g/mol. The summed E-state index contributed by atoms with van der Waals surface area (Å²) in [6, 6.07) is 6.41. The van der Waals surface area contributed by atoms with Gasteiger partial charge in [0.2, 0.25) is 5.95 Å². The summed E-state index contributed by atoms with van der Waals surface area (Å²) in [5.74, 6) is 0.591. The number of aryl methyl sites for hydroxylation is 2. The number of rotatable bonds is 3. The quantitative estimate of drug-likeness (QED) is 0.724. The van der Waals surface area contributed by atoms with Crippen molar-refractivity contribution in [3.63, 3.8) is 0 Å². The second kappa shape index (κ2) is 5.13. The Labute approximate surface area is 121 Å². The minimum Gasteiger partial charge on any atom is -0.357 e. The Morgan fingerprint density at radius 3 is 2.75 bits per heavy atom. The molecule has 0 aliphatic heterocycles. The van der Waals surface area contributed by atoms with Crippen molar-refractivity contribution in [2.75, 3.05) is 12.4 Å². The first kappa shape index (κ1) is 12.9. The van der Waals surface area contributed by atoms with Gasteiger partial charge in [0, 0.05) is 11.9 Å². The van der Waals surface area contributed by atoms with E-state index in [2.05, 4.69) is 57.5 Å². The molecule has 0 saturated carbocycles. The number of H-pyrrole nitrogens is 1. The molecule has 6 heteroatoms. The monoisotopic (exact) mass is 285 g/mol. The van der Waals surface area contributed by atoms with E-state index in [0.29, 0.717) is 5.95 Å². The van der Waals surface area contributed by atoms with Gasteiger partial charge in [-0.15, -0.1) is 0 Å². The number of benzene rings is 1. The molecule has 0 atom stereocenters. The van der Waals surface area contributed by atoms with Gasteiger partial charge in [0.15, 0.2) is 5.65 Å². The van der Waals surface area contributed by atoms with E-state index < -0.39 is 0 Å². The molecular formula is C14H15N5S. The molecule has 2 aromatic heterocycles. The maximum atomic E-state index is 4.52. The van der Waals surface area contributed by atoms with Crippen LogP contribution in [0.4, 0.5) is 5.95 Å². The maximum absolute atomic E-state index is 4.52. The van der Waals surface area contributed by atoms with Crippen molar-refractivity contribution in [3.8, 4) is 0 Å². The van der Waals surface area contributed by atoms with Crippen LogP contribution in [-0.4, -0.2) is 27.2 Å². The molecule has 0 fully saturated rings. The van der Waals surface area contributed by atoms with Crippen LogP contribution in [0.25, 0.3) is 11.0 Å². The van der Waals surface area contributed by atoms with Gasteiger partial charge in [0.05, 0.1) is 11.6 Å². The number of aromatic amines is 1. The van der Waals surface area contributed by atoms with Crippen LogP contribution in [0.15, 0.2) is 34.3 Å². The molecule has 0 aliphatic rings. The van der Waals surface area contributed by atoms with E-state index in [-0.39, 0.29) is 0 Å². The Bertz CT molecular complexity index is 765. The van der Waals surface area contributed by atoms with Crippen LogP contribution in [0.1, 0.15) is 11.1 Å². The van der Waals surface area contributed by atoms with E-state index in [1.807, 2.05) is 7.05 Å². The third-order valence-corrected chi connectivity index (χ3v) is 4.19. The lowest BCUT2D eigenvalue weighted by molar-refractivity contribution is 1.06. The van der Waals surface area contributed by atoms with E-state index in [9.17, 15) is 0 Å². The zero-order valence-corrected chi connectivity index (χ0v) is 12.4. The first-order valence-electron chi connectivity index (χ1n) is 6.31. The first-order valence-corrected chi connectivity index (χ1v) is 7.13. The second-order valence-electron chi connectivity index (χ2n) is 4.58. The van der Waals surface area contributed by atoms with Crippen molar-refractivity contribution in [2.45, 2.75) is 23.8 Å². The summed E-state index contributed by atoms with van der Waals surface area (Å²) in [6.45, 7) is 4.23. The smallest absolute Gasteiger partial charge is 0.225 e. The van der Waals surface area contributed by atoms with Crippen molar-refractivity contribution in [3.05, 3.63) is 35.5 Å². The summed E-state index contributed by atoms with van der Waals surface area (Å²) in [5, 5.41) is 11.7. The van der Waals surface area contributed by atoms with Crippen molar-refractivity contribution >= 4 is 28.7 Å². The number of anilines is 1. The minimum absolute atomic E-state index is 0.591. The third-order valence-electron chi connectivity index (χ3n) is 3.19. The number of hydrogen-bond donors (Lipinski definition) is 2. The molecule has 0 amide bonds. The molecule has 2 heterocycles. The molecule has 102 valence electrons. The Morgan fingerprint density at radius 1 is 1.15 bits per heavy atom. The number of fused-ring (bicyclic) bond motifs is 1. The Balaban J connectivity index is 2.04. The Kier molecular flexibility index (Phi) is 3.31. The van der Waals surface area contributed by atoms with Gasteiger partial charge in [0.1, 0.15) is 5.03 Å². The molecule has 2 N–H and O–H groups in total. The van der Waals surface area contributed by atoms with Crippen molar-refractivity contribution in [1.82, 2.24) is 20.2 Å². The number of aromatic nitrogens is 4. The minimum atomic E-state index is 0.591. The summed E-state index contributed by atoms with van der Waals surface area (Å²) in [6.07, 6.45) is 1.76. The van der Waals surface area contributed by atoms with Crippen LogP contribution in [0.5, 0.6) is 0 Å². The predicted octanol–water partition coefficient (Wildman–Crippen LogP) is 3.16. The molecule has 0 bridgehead atoms. The molecule has 3 rings (SSSR count). The molecule has 3 aromatic rings. The zero-order chi connectivity index (χ0) is 14.1. The van der Waals surface area contributed by atoms with E-state index in [0.717, 1.165) is 21.0 Å². The van der Waals surface area contributed by atoms with Crippen LogP contribution >= 0.6 is 11.8 Å². The molecule has 1 aromatic carbocycles. The molecule has 0 saturated heterocycles. The van der Waals surface area contributed by atoms with Gasteiger partial charge in [0.25, 0.3) is 0 Å². The summed E-state index contributed by atoms with van der Waals surface area (Å²) < 4.78 is 0. The molecule has 0 spiro atoms. The van der Waals surface area contributed by atoms with Crippen LogP contribution in [-0.2, 0) is 0 Å². The highest BCUT2D eigenvalue weighted by molar-refractivity contribution is 7.99. The fraction of sp³-hybridized carbons (Fsp3) is 0.214. The average Bonchev–Trinajstić information content (AvgIpc) is 2.91. The Morgan fingerprint density at radius 2 is 2.00 bits per heavy atom. The van der Waals surface area contributed by atoms with E-state index in [1.165, 1.54) is 11.1 Å². The fourth-order valence-electron chi connectivity index (χ4n) is 1.89. The van der Waals surface area contributed by atoms with Crippen LogP contribution in [0.3, 0.4) is 0 Å². The summed E-state index contributed by atoms with van der Waals surface area (Å²) in [4.78, 5) is 10.0. The van der Waals surface area contributed by atoms with Crippen molar-refractivity contribution < 1.29 is 0 Å². The molecule has 0 unspecified atom stereocenters. The first-order chi connectivity index (χ1) is 9.67. The summed E-state index contributed by atoms with van der Waals surface area (Å²) in [5.41, 5.74) is 3.32. The highest BCUT2D eigenvalue weighted by atomic mass is 32.2. The van der Waals surface area contributed by atoms with Crippen LogP contribution in [0.2, 0.25) is 0 Å². The van der Waals surface area contributed by atoms with Gasteiger partial charge in [-0.05, 0) is 37.1 Å². The largest absolute Gasteiger partial charge is 0.357 e. The summed E-state index contributed by atoms with van der Waals surface area (Å²) in [7, 11) is 1.81. The van der Waals surface area contributed by atoms with E-state index in [1.54, 1.807) is 18.0 Å². The average molecular weight is 285 g/mol. The number of hydrogen-bond acceptors (Lipinski definition) is 5. The molecule has 20 heavy (non-hydrogen) atoms. The molecule has 0 aliphatic carbocycles. The zero-order valence-electron chi connectivity index (χ0n) is 11.6. The fourth-order valence-corrected chi connectivity index (χ4v) is 2.87. The van der Waals surface area contributed by atoms with Crippen molar-refractivity contribution in [2.24, 2.45) is 0 Å². The Hall–Kier alpha value is -2.08. The highest BCUT2D eigenvalue weighted by Crippen LogP contribution is 2.32. The third kappa shape index (κ3) is 2.34. The topological polar surface area (TPSA) is 66.5 Å². The van der Waals surface area contributed by atoms with Gasteiger partial charge in [-0.25, -0.2) is 4.98 Å². The highest BCUT2D eigenvalue weighted by Gasteiger charge is 2.10. The molecule has 0 radical (unpaired) electrons. The lowest BCUT2D eigenvalue weighted by atomic mass is 10.1. The van der Waals surface area contributed by atoms with Crippen molar-refractivity contribution in [1.29, 1.82) is 0 Å². The maximum Gasteiger partial charge on any atom is 0.225 e. The van der Waals surface area contributed by atoms with Gasteiger partial charge in [-0.3, -0.25) is 5.10 Å². The SMILES string of the molecule is CNc1nc(Sc2ccc(C)c(C)c2)c2cn[nH]c2n1. The van der Waals surface area contributed by atoms with Crippen LogP contribution in [0, 0.1) is 13.8 Å². The second-order valence-corrected chi connectivity index (χ2v) is 5.65. The van der Waals surface area contributed by atoms with Crippen LogP contribution < -0.4 is 5.32 Å². The normalized spacial score (nSPS) is 10.9. The lowest BCUT2D eigenvalue weighted by Gasteiger charge is -2.06. The molecule has 5 nitrogen and oxygen atoms in total.